The monoisotopic (exact) mass is 250 g/mol. The first-order chi connectivity index (χ1) is 8.83. The summed E-state index contributed by atoms with van der Waals surface area (Å²) in [5.74, 6) is 0.962. The van der Waals surface area contributed by atoms with Crippen molar-refractivity contribution in [2.45, 2.75) is 19.0 Å². The Kier molecular flexibility index (Phi) is 4.99. The quantitative estimate of drug-likeness (QED) is 0.786. The summed E-state index contributed by atoms with van der Waals surface area (Å²) >= 11 is 0. The number of aliphatic hydroxyl groups excluding tert-OH is 1. The number of rotatable bonds is 6. The first kappa shape index (κ1) is 13.3. The lowest BCUT2D eigenvalue weighted by Crippen LogP contribution is -2.34. The lowest BCUT2D eigenvalue weighted by atomic mass is 10.2. The van der Waals surface area contributed by atoms with E-state index in [1.54, 1.807) is 7.11 Å². The number of methoxy groups -OCH3 is 1. The minimum atomic E-state index is 0.211. The molecule has 100 valence electrons. The second-order valence-corrected chi connectivity index (χ2v) is 4.71. The van der Waals surface area contributed by atoms with Crippen molar-refractivity contribution in [3.63, 3.8) is 0 Å². The zero-order valence-electron chi connectivity index (χ0n) is 10.9. The largest absolute Gasteiger partial charge is 0.496 e. The normalized spacial score (nSPS) is 20.2. The van der Waals surface area contributed by atoms with E-state index in [-0.39, 0.29) is 6.61 Å². The third-order valence-corrected chi connectivity index (χ3v) is 3.40. The third-order valence-electron chi connectivity index (χ3n) is 3.40. The fraction of sp³-hybridized carbons (Fsp3) is 0.571. The standard InChI is InChI=1S/C14H22N2O2/c1-18-14-5-3-2-4-12(14)10-16-8-6-13(11-16)15-7-9-17/h2-5,13,15,17H,6-11H2,1H3. The molecule has 1 unspecified atom stereocenters. The van der Waals surface area contributed by atoms with E-state index in [1.807, 2.05) is 12.1 Å². The Balaban J connectivity index is 1.87. The Morgan fingerprint density at radius 3 is 3.06 bits per heavy atom. The van der Waals surface area contributed by atoms with Gasteiger partial charge in [-0.25, -0.2) is 0 Å². The van der Waals surface area contributed by atoms with Crippen molar-refractivity contribution in [3.8, 4) is 5.75 Å². The van der Waals surface area contributed by atoms with Gasteiger partial charge in [0, 0.05) is 37.8 Å². The fourth-order valence-electron chi connectivity index (χ4n) is 2.49. The van der Waals surface area contributed by atoms with E-state index in [4.69, 9.17) is 9.84 Å². The van der Waals surface area contributed by atoms with E-state index in [0.29, 0.717) is 12.6 Å². The highest BCUT2D eigenvalue weighted by molar-refractivity contribution is 5.33. The number of nitrogens with zero attached hydrogens (tertiary/aromatic N) is 1. The summed E-state index contributed by atoms with van der Waals surface area (Å²) in [6.45, 7) is 3.97. The van der Waals surface area contributed by atoms with Gasteiger partial charge in [-0.15, -0.1) is 0 Å². The SMILES string of the molecule is COc1ccccc1CN1CCC(NCCO)C1. The number of hydrogen-bond donors (Lipinski definition) is 2. The maximum Gasteiger partial charge on any atom is 0.123 e. The molecule has 0 spiro atoms. The van der Waals surface area contributed by atoms with Crippen molar-refractivity contribution in [1.82, 2.24) is 10.2 Å². The van der Waals surface area contributed by atoms with Crippen molar-refractivity contribution >= 4 is 0 Å². The van der Waals surface area contributed by atoms with Crippen molar-refractivity contribution in [1.29, 1.82) is 0 Å². The van der Waals surface area contributed by atoms with E-state index in [1.165, 1.54) is 5.56 Å². The number of benzene rings is 1. The van der Waals surface area contributed by atoms with Crippen LogP contribution in [0.15, 0.2) is 24.3 Å². The highest BCUT2D eigenvalue weighted by Gasteiger charge is 2.22. The molecule has 1 heterocycles. The van der Waals surface area contributed by atoms with Crippen LogP contribution in [0.1, 0.15) is 12.0 Å². The van der Waals surface area contributed by atoms with Crippen LogP contribution in [-0.2, 0) is 6.54 Å². The topological polar surface area (TPSA) is 44.7 Å². The lowest BCUT2D eigenvalue weighted by molar-refractivity contribution is 0.277. The van der Waals surface area contributed by atoms with Crippen molar-refractivity contribution in [2.24, 2.45) is 0 Å². The summed E-state index contributed by atoms with van der Waals surface area (Å²) in [5.41, 5.74) is 1.24. The Morgan fingerprint density at radius 2 is 2.28 bits per heavy atom. The van der Waals surface area contributed by atoms with Crippen LogP contribution in [0.5, 0.6) is 5.75 Å². The molecular formula is C14H22N2O2. The minimum absolute atomic E-state index is 0.211. The molecule has 0 aromatic heterocycles. The van der Waals surface area contributed by atoms with E-state index in [2.05, 4.69) is 22.3 Å². The van der Waals surface area contributed by atoms with Crippen LogP contribution < -0.4 is 10.1 Å². The molecule has 18 heavy (non-hydrogen) atoms. The maximum atomic E-state index is 8.80. The number of ether oxygens (including phenoxy) is 1. The first-order valence-electron chi connectivity index (χ1n) is 6.52. The van der Waals surface area contributed by atoms with Gasteiger partial charge in [-0.3, -0.25) is 4.90 Å². The van der Waals surface area contributed by atoms with E-state index < -0.39 is 0 Å². The fourth-order valence-corrected chi connectivity index (χ4v) is 2.49. The number of para-hydroxylation sites is 1. The average Bonchev–Trinajstić information content (AvgIpc) is 2.84. The van der Waals surface area contributed by atoms with Gasteiger partial charge in [0.2, 0.25) is 0 Å². The summed E-state index contributed by atoms with van der Waals surface area (Å²) in [6.07, 6.45) is 1.15. The zero-order valence-corrected chi connectivity index (χ0v) is 10.9. The lowest BCUT2D eigenvalue weighted by Gasteiger charge is -2.18. The Labute approximate surface area is 109 Å². The molecule has 1 fully saturated rings. The summed E-state index contributed by atoms with van der Waals surface area (Å²) in [6, 6.07) is 8.68. The second-order valence-electron chi connectivity index (χ2n) is 4.71. The molecule has 1 aliphatic heterocycles. The highest BCUT2D eigenvalue weighted by Crippen LogP contribution is 2.21. The van der Waals surface area contributed by atoms with Crippen LogP contribution in [0.2, 0.25) is 0 Å². The Morgan fingerprint density at radius 1 is 1.44 bits per heavy atom. The van der Waals surface area contributed by atoms with Crippen molar-refractivity contribution in [2.75, 3.05) is 33.4 Å². The summed E-state index contributed by atoms with van der Waals surface area (Å²) < 4.78 is 5.37. The van der Waals surface area contributed by atoms with Gasteiger partial charge in [-0.2, -0.15) is 0 Å². The van der Waals surface area contributed by atoms with Crippen LogP contribution in [0.25, 0.3) is 0 Å². The van der Waals surface area contributed by atoms with Gasteiger partial charge in [0.15, 0.2) is 0 Å². The number of nitrogens with one attached hydrogen (secondary N) is 1. The maximum absolute atomic E-state index is 8.80. The van der Waals surface area contributed by atoms with Gasteiger partial charge in [0.05, 0.1) is 13.7 Å². The van der Waals surface area contributed by atoms with E-state index in [0.717, 1.165) is 31.8 Å². The molecule has 0 saturated carbocycles. The molecule has 4 nitrogen and oxygen atoms in total. The predicted octanol–water partition coefficient (Wildman–Crippen LogP) is 0.851. The predicted molar refractivity (Wildman–Crippen MR) is 71.8 cm³/mol. The van der Waals surface area contributed by atoms with Crippen molar-refractivity contribution in [3.05, 3.63) is 29.8 Å². The molecule has 0 bridgehead atoms. The van der Waals surface area contributed by atoms with Crippen LogP contribution in [0.4, 0.5) is 0 Å². The zero-order chi connectivity index (χ0) is 12.8. The first-order valence-corrected chi connectivity index (χ1v) is 6.52. The van der Waals surface area contributed by atoms with Gasteiger partial charge < -0.3 is 15.2 Å². The van der Waals surface area contributed by atoms with E-state index >= 15 is 0 Å². The minimum Gasteiger partial charge on any atom is -0.496 e. The molecule has 0 amide bonds. The highest BCUT2D eigenvalue weighted by atomic mass is 16.5. The van der Waals surface area contributed by atoms with Crippen LogP contribution in [-0.4, -0.2) is 49.4 Å². The van der Waals surface area contributed by atoms with Gasteiger partial charge in [-0.05, 0) is 12.5 Å². The van der Waals surface area contributed by atoms with Gasteiger partial charge in [0.1, 0.15) is 5.75 Å². The number of hydrogen-bond acceptors (Lipinski definition) is 4. The molecular weight excluding hydrogens is 228 g/mol. The van der Waals surface area contributed by atoms with Crippen molar-refractivity contribution < 1.29 is 9.84 Å². The smallest absolute Gasteiger partial charge is 0.123 e. The molecule has 0 radical (unpaired) electrons. The molecule has 0 aliphatic carbocycles. The molecule has 1 saturated heterocycles. The molecule has 2 rings (SSSR count). The molecule has 1 aromatic carbocycles. The molecule has 2 N–H and O–H groups in total. The number of aliphatic hydroxyl groups is 1. The second kappa shape index (κ2) is 6.73. The molecule has 1 atom stereocenters. The van der Waals surface area contributed by atoms with Crippen LogP contribution >= 0.6 is 0 Å². The Bertz CT molecular complexity index is 371. The Hall–Kier alpha value is -1.10. The number of likely N-dealkylation sites (tertiary alicyclic amines) is 1. The summed E-state index contributed by atoms with van der Waals surface area (Å²) in [7, 11) is 1.72. The van der Waals surface area contributed by atoms with Gasteiger partial charge >= 0.3 is 0 Å². The average molecular weight is 250 g/mol. The summed E-state index contributed by atoms with van der Waals surface area (Å²) in [4.78, 5) is 2.42. The van der Waals surface area contributed by atoms with Gasteiger partial charge in [-0.1, -0.05) is 18.2 Å². The molecule has 4 heteroatoms. The summed E-state index contributed by atoms with van der Waals surface area (Å²) in [5, 5.41) is 12.2. The van der Waals surface area contributed by atoms with Crippen LogP contribution in [0, 0.1) is 0 Å². The molecule has 1 aliphatic rings. The third kappa shape index (κ3) is 3.45. The van der Waals surface area contributed by atoms with Crippen LogP contribution in [0.3, 0.4) is 0 Å². The van der Waals surface area contributed by atoms with Gasteiger partial charge in [0.25, 0.3) is 0 Å². The molecule has 1 aromatic rings. The van der Waals surface area contributed by atoms with E-state index in [9.17, 15) is 0 Å².